The van der Waals surface area contributed by atoms with Crippen LogP contribution in [0.25, 0.3) is 0 Å². The van der Waals surface area contributed by atoms with Crippen LogP contribution in [0.4, 0.5) is 0 Å². The molecule has 0 saturated carbocycles. The van der Waals surface area contributed by atoms with E-state index in [1.165, 1.54) is 19.3 Å². The Morgan fingerprint density at radius 2 is 1.77 bits per heavy atom. The third-order valence-corrected chi connectivity index (χ3v) is 5.02. The summed E-state index contributed by atoms with van der Waals surface area (Å²) in [6.07, 6.45) is 2.82. The number of benzene rings is 1. The zero-order valence-electron chi connectivity index (χ0n) is 12.4. The number of aromatic nitrogens is 2. The van der Waals surface area contributed by atoms with Crippen LogP contribution < -0.4 is 5.32 Å². The molecule has 0 aliphatic rings. The third-order valence-electron chi connectivity index (χ3n) is 3.16. The molecule has 2 aromatic rings. The lowest BCUT2D eigenvalue weighted by atomic mass is 10.2. The first-order valence-corrected chi connectivity index (χ1v) is 8.30. The first-order chi connectivity index (χ1) is 10.4. The molecule has 1 aromatic heterocycles. The second-order valence-corrected chi connectivity index (χ2v) is 7.10. The van der Waals surface area contributed by atoms with Crippen molar-refractivity contribution < 1.29 is 13.2 Å². The van der Waals surface area contributed by atoms with Gasteiger partial charge < -0.3 is 5.32 Å². The molecule has 1 aromatic carbocycles. The molecule has 1 atom stereocenters. The number of hydrogen-bond acceptors (Lipinski definition) is 5. The predicted molar refractivity (Wildman–Crippen MR) is 81.7 cm³/mol. The van der Waals surface area contributed by atoms with Crippen LogP contribution in [-0.4, -0.2) is 29.5 Å². The summed E-state index contributed by atoms with van der Waals surface area (Å²) in [5.74, 6) is -0.576. The van der Waals surface area contributed by atoms with Gasteiger partial charge in [-0.15, -0.1) is 0 Å². The molecule has 2 rings (SSSR count). The summed E-state index contributed by atoms with van der Waals surface area (Å²) >= 11 is 0. The molecule has 0 aliphatic carbocycles. The highest BCUT2D eigenvalue weighted by molar-refractivity contribution is 7.92. The molecular weight excluding hydrogens is 302 g/mol. The van der Waals surface area contributed by atoms with Crippen LogP contribution in [0.5, 0.6) is 0 Å². The Morgan fingerprint density at radius 3 is 2.36 bits per heavy atom. The second-order valence-electron chi connectivity index (χ2n) is 4.93. The number of amides is 1. The van der Waals surface area contributed by atoms with Gasteiger partial charge in [0.05, 0.1) is 0 Å². The molecule has 22 heavy (non-hydrogen) atoms. The summed E-state index contributed by atoms with van der Waals surface area (Å²) in [5.41, 5.74) is 1.65. The monoisotopic (exact) mass is 319 g/mol. The molecule has 1 N–H and O–H groups in total. The summed E-state index contributed by atoms with van der Waals surface area (Å²) in [6.45, 7) is 3.36. The summed E-state index contributed by atoms with van der Waals surface area (Å²) in [5, 5.41) is 1.03. The van der Waals surface area contributed by atoms with Crippen molar-refractivity contribution in [2.24, 2.45) is 0 Å². The first-order valence-electron chi connectivity index (χ1n) is 6.75. The lowest BCUT2D eigenvalue weighted by Crippen LogP contribution is -2.38. The smallest absolute Gasteiger partial charge is 0.247 e. The van der Waals surface area contributed by atoms with Crippen molar-refractivity contribution in [2.45, 2.75) is 30.8 Å². The summed E-state index contributed by atoms with van der Waals surface area (Å²) in [7, 11) is -3.89. The molecule has 0 aliphatic heterocycles. The van der Waals surface area contributed by atoms with Crippen LogP contribution in [-0.2, 0) is 21.2 Å². The number of rotatable bonds is 5. The van der Waals surface area contributed by atoms with Crippen molar-refractivity contribution in [1.82, 2.24) is 15.3 Å². The molecule has 0 unspecified atom stereocenters. The van der Waals surface area contributed by atoms with Gasteiger partial charge in [0.15, 0.2) is 0 Å². The van der Waals surface area contributed by atoms with E-state index in [4.69, 9.17) is 0 Å². The standard InChI is InChI=1S/C15H17N3O3S/c1-11-8-17-15(18-9-11)22(20,21)12(2)14(19)16-10-13-6-4-3-5-7-13/h3-9,12H,10H2,1-2H3,(H,16,19)/t12-/m0/s1. The normalized spacial score (nSPS) is 12.6. The van der Waals surface area contributed by atoms with E-state index in [9.17, 15) is 13.2 Å². The minimum Gasteiger partial charge on any atom is -0.351 e. The predicted octanol–water partition coefficient (Wildman–Crippen LogP) is 1.26. The second kappa shape index (κ2) is 6.65. The van der Waals surface area contributed by atoms with Crippen molar-refractivity contribution in [3.63, 3.8) is 0 Å². The van der Waals surface area contributed by atoms with Crippen LogP contribution in [0.15, 0.2) is 47.9 Å². The van der Waals surface area contributed by atoms with E-state index in [1.807, 2.05) is 30.3 Å². The number of aryl methyl sites for hydroxylation is 1. The lowest BCUT2D eigenvalue weighted by molar-refractivity contribution is -0.120. The van der Waals surface area contributed by atoms with Crippen molar-refractivity contribution in [1.29, 1.82) is 0 Å². The molecule has 0 bridgehead atoms. The van der Waals surface area contributed by atoms with Crippen LogP contribution in [0.2, 0.25) is 0 Å². The Balaban J connectivity index is 2.07. The molecular formula is C15H17N3O3S. The number of carbonyl (C=O) groups excluding carboxylic acids is 1. The van der Waals surface area contributed by atoms with Crippen molar-refractivity contribution in [3.8, 4) is 0 Å². The molecule has 1 amide bonds. The molecule has 0 saturated heterocycles. The van der Waals surface area contributed by atoms with Gasteiger partial charge in [-0.3, -0.25) is 4.79 Å². The maximum atomic E-state index is 12.3. The maximum Gasteiger partial charge on any atom is 0.247 e. The Bertz CT molecular complexity index is 743. The molecule has 0 radical (unpaired) electrons. The zero-order valence-corrected chi connectivity index (χ0v) is 13.2. The summed E-state index contributed by atoms with van der Waals surface area (Å²) < 4.78 is 24.6. The molecule has 1 heterocycles. The van der Waals surface area contributed by atoms with Crippen LogP contribution in [0.3, 0.4) is 0 Å². The van der Waals surface area contributed by atoms with Gasteiger partial charge in [-0.1, -0.05) is 30.3 Å². The topological polar surface area (TPSA) is 89.0 Å². The average molecular weight is 319 g/mol. The SMILES string of the molecule is Cc1cnc(S(=O)(=O)[C@@H](C)C(=O)NCc2ccccc2)nc1. The fraction of sp³-hybridized carbons (Fsp3) is 0.267. The van der Waals surface area contributed by atoms with E-state index in [-0.39, 0.29) is 11.7 Å². The van der Waals surface area contributed by atoms with Crippen molar-refractivity contribution in [2.75, 3.05) is 0 Å². The highest BCUT2D eigenvalue weighted by Crippen LogP contribution is 2.11. The van der Waals surface area contributed by atoms with E-state index in [2.05, 4.69) is 15.3 Å². The summed E-state index contributed by atoms with van der Waals surface area (Å²) in [6, 6.07) is 9.27. The highest BCUT2D eigenvalue weighted by atomic mass is 32.2. The van der Waals surface area contributed by atoms with Crippen molar-refractivity contribution >= 4 is 15.7 Å². The molecule has 116 valence electrons. The first kappa shape index (κ1) is 16.1. The largest absolute Gasteiger partial charge is 0.351 e. The van der Waals surface area contributed by atoms with Crippen molar-refractivity contribution in [3.05, 3.63) is 53.9 Å². The average Bonchev–Trinajstić information content (AvgIpc) is 2.53. The van der Waals surface area contributed by atoms with Gasteiger partial charge in [0, 0.05) is 18.9 Å². The lowest BCUT2D eigenvalue weighted by Gasteiger charge is -2.12. The Labute approximate surface area is 129 Å². The van der Waals surface area contributed by atoms with Crippen LogP contribution in [0, 0.1) is 6.92 Å². The Morgan fingerprint density at radius 1 is 1.18 bits per heavy atom. The fourth-order valence-electron chi connectivity index (χ4n) is 1.76. The number of hydrogen-bond donors (Lipinski definition) is 1. The van der Waals surface area contributed by atoms with E-state index in [1.54, 1.807) is 6.92 Å². The summed E-state index contributed by atoms with van der Waals surface area (Å²) in [4.78, 5) is 19.6. The highest BCUT2D eigenvalue weighted by Gasteiger charge is 2.31. The van der Waals surface area contributed by atoms with E-state index in [0.29, 0.717) is 0 Å². The Hall–Kier alpha value is -2.28. The van der Waals surface area contributed by atoms with E-state index in [0.717, 1.165) is 11.1 Å². The number of sulfone groups is 1. The van der Waals surface area contributed by atoms with Gasteiger partial charge in [0.1, 0.15) is 5.25 Å². The minimum atomic E-state index is -3.89. The van der Waals surface area contributed by atoms with Gasteiger partial charge >= 0.3 is 0 Å². The Kier molecular flexibility index (Phi) is 4.87. The van der Waals surface area contributed by atoms with Gasteiger partial charge in [-0.2, -0.15) is 0 Å². The molecule has 7 heteroatoms. The minimum absolute atomic E-state index is 0.272. The third kappa shape index (κ3) is 3.67. The fourth-order valence-corrected chi connectivity index (χ4v) is 2.84. The number of nitrogens with zero attached hydrogens (tertiary/aromatic N) is 2. The molecule has 0 fully saturated rings. The van der Waals surface area contributed by atoms with Gasteiger partial charge in [0.2, 0.25) is 20.9 Å². The maximum absolute atomic E-state index is 12.3. The number of carbonyl (C=O) groups is 1. The molecule has 0 spiro atoms. The van der Waals surface area contributed by atoms with Gasteiger partial charge in [-0.05, 0) is 25.0 Å². The van der Waals surface area contributed by atoms with Crippen LogP contribution in [0.1, 0.15) is 18.1 Å². The van der Waals surface area contributed by atoms with Gasteiger partial charge in [0.25, 0.3) is 0 Å². The number of nitrogens with one attached hydrogen (secondary N) is 1. The van der Waals surface area contributed by atoms with E-state index < -0.39 is 21.0 Å². The van der Waals surface area contributed by atoms with Gasteiger partial charge in [-0.25, -0.2) is 18.4 Å². The van der Waals surface area contributed by atoms with E-state index >= 15 is 0 Å². The molecule has 6 nitrogen and oxygen atoms in total. The van der Waals surface area contributed by atoms with Crippen LogP contribution >= 0.6 is 0 Å². The zero-order chi connectivity index (χ0) is 16.2. The quantitative estimate of drug-likeness (QED) is 0.838.